The quantitative estimate of drug-likeness (QED) is 0.207. The van der Waals surface area contributed by atoms with Crippen molar-refractivity contribution in [1.29, 1.82) is 0 Å². The van der Waals surface area contributed by atoms with Crippen LogP contribution in [0.25, 0.3) is 0 Å². The van der Waals surface area contributed by atoms with Crippen LogP contribution in [0.5, 0.6) is 11.5 Å². The van der Waals surface area contributed by atoms with Crippen molar-refractivity contribution in [2.45, 2.75) is 77.0 Å². The van der Waals surface area contributed by atoms with E-state index in [1.54, 1.807) is 0 Å². The Hall–Kier alpha value is -3.85. The molecule has 0 unspecified atom stereocenters. The molecule has 1 aliphatic rings. The van der Waals surface area contributed by atoms with Gasteiger partial charge in [-0.25, -0.2) is 0 Å². The van der Waals surface area contributed by atoms with Gasteiger partial charge in [0.15, 0.2) is 0 Å². The van der Waals surface area contributed by atoms with E-state index in [2.05, 4.69) is 86.8 Å². The second kappa shape index (κ2) is 12.6. The molecule has 1 amide bonds. The lowest BCUT2D eigenvalue weighted by Gasteiger charge is -2.28. The minimum atomic E-state index is -0.0730. The first kappa shape index (κ1) is 27.7. The van der Waals surface area contributed by atoms with Gasteiger partial charge < -0.3 is 10.1 Å². The maximum atomic E-state index is 13.6. The number of fused-ring (bicyclic) bond motifs is 2. The number of amides is 1. The molecule has 1 N–H and O–H groups in total. The van der Waals surface area contributed by atoms with Crippen LogP contribution in [-0.2, 0) is 23.1 Å². The number of carbonyl (C=O) groups excluding carboxylic acids is 1. The molecule has 0 atom stereocenters. The van der Waals surface area contributed by atoms with E-state index in [4.69, 9.17) is 4.74 Å². The Morgan fingerprint density at radius 3 is 1.90 bits per heavy atom. The fourth-order valence-corrected chi connectivity index (χ4v) is 5.78. The fourth-order valence-electron chi connectivity index (χ4n) is 5.78. The molecule has 5 rings (SSSR count). The van der Waals surface area contributed by atoms with Crippen LogP contribution in [0.1, 0.15) is 86.6 Å². The summed E-state index contributed by atoms with van der Waals surface area (Å²) in [4.78, 5) is 13.6. The van der Waals surface area contributed by atoms with Crippen LogP contribution in [0, 0.1) is 0 Å². The number of unbranched alkanes of at least 4 members (excludes halogenated alkanes) is 3. The van der Waals surface area contributed by atoms with Crippen LogP contribution < -0.4 is 10.1 Å². The maximum absolute atomic E-state index is 13.6. The number of aryl methyl sites for hydroxylation is 2. The van der Waals surface area contributed by atoms with E-state index >= 15 is 0 Å². The second-order valence-corrected chi connectivity index (χ2v) is 12.0. The van der Waals surface area contributed by atoms with E-state index in [9.17, 15) is 4.79 Å². The number of ether oxygens (including phenoxy) is 1. The molecular formula is C37H41NO2. The predicted octanol–water partition coefficient (Wildman–Crippen LogP) is 9.60. The van der Waals surface area contributed by atoms with Crippen LogP contribution in [0.4, 0.5) is 5.69 Å². The van der Waals surface area contributed by atoms with Crippen molar-refractivity contribution in [3.63, 3.8) is 0 Å². The van der Waals surface area contributed by atoms with Crippen LogP contribution in [0.3, 0.4) is 0 Å². The summed E-state index contributed by atoms with van der Waals surface area (Å²) in [5.41, 5.74) is 6.87. The molecule has 0 fully saturated rings. The van der Waals surface area contributed by atoms with Crippen molar-refractivity contribution >= 4 is 11.6 Å². The van der Waals surface area contributed by atoms with Crippen molar-refractivity contribution in [2.75, 3.05) is 5.32 Å². The van der Waals surface area contributed by atoms with Gasteiger partial charge in [-0.05, 0) is 66.0 Å². The van der Waals surface area contributed by atoms with Crippen molar-refractivity contribution in [3.8, 4) is 11.5 Å². The highest BCUT2D eigenvalue weighted by Crippen LogP contribution is 2.45. The third kappa shape index (κ3) is 6.83. The fraction of sp³-hybridized carbons (Fsp3) is 0.324. The predicted molar refractivity (Wildman–Crippen MR) is 166 cm³/mol. The highest BCUT2D eigenvalue weighted by atomic mass is 16.5. The molecule has 0 aromatic heterocycles. The third-order valence-electron chi connectivity index (χ3n) is 7.89. The van der Waals surface area contributed by atoms with Crippen LogP contribution in [0.15, 0.2) is 97.1 Å². The van der Waals surface area contributed by atoms with Gasteiger partial charge in [-0.2, -0.15) is 0 Å². The van der Waals surface area contributed by atoms with Crippen LogP contribution in [0.2, 0.25) is 0 Å². The summed E-state index contributed by atoms with van der Waals surface area (Å²) in [6, 6.07) is 33.5. The number of hydrogen-bond acceptors (Lipinski definition) is 2. The molecule has 0 radical (unpaired) electrons. The number of para-hydroxylation sites is 2. The summed E-state index contributed by atoms with van der Waals surface area (Å²) in [5, 5.41) is 3.32. The molecule has 0 bridgehead atoms. The van der Waals surface area contributed by atoms with E-state index < -0.39 is 0 Å². The average molecular weight is 532 g/mol. The van der Waals surface area contributed by atoms with Gasteiger partial charge in [0.1, 0.15) is 11.5 Å². The van der Waals surface area contributed by atoms with E-state index in [-0.39, 0.29) is 17.2 Å². The summed E-state index contributed by atoms with van der Waals surface area (Å²) in [6.45, 7) is 6.61. The molecule has 4 aromatic rings. The molecule has 3 heteroatoms. The molecule has 1 aliphatic heterocycles. The van der Waals surface area contributed by atoms with E-state index in [1.807, 2.05) is 36.4 Å². The molecule has 206 valence electrons. The SMILES string of the molecule is CC(C)(C)c1ccc(CCCCCCc2ccccc2)cc1NC(=O)CC1c2ccccc2Oc2ccccc21. The van der Waals surface area contributed by atoms with E-state index in [0.29, 0.717) is 6.42 Å². The molecule has 3 nitrogen and oxygen atoms in total. The zero-order valence-corrected chi connectivity index (χ0v) is 24.1. The summed E-state index contributed by atoms with van der Waals surface area (Å²) < 4.78 is 6.14. The number of hydrogen-bond donors (Lipinski definition) is 1. The van der Waals surface area contributed by atoms with Gasteiger partial charge in [0.05, 0.1) is 0 Å². The molecular weight excluding hydrogens is 490 g/mol. The second-order valence-electron chi connectivity index (χ2n) is 12.0. The summed E-state index contributed by atoms with van der Waals surface area (Å²) >= 11 is 0. The largest absolute Gasteiger partial charge is 0.457 e. The molecule has 0 saturated carbocycles. The lowest BCUT2D eigenvalue weighted by Crippen LogP contribution is -2.22. The number of carbonyl (C=O) groups is 1. The monoisotopic (exact) mass is 531 g/mol. The smallest absolute Gasteiger partial charge is 0.225 e. The summed E-state index contributed by atoms with van der Waals surface area (Å²) in [5.74, 6) is 1.65. The number of anilines is 1. The molecule has 4 aromatic carbocycles. The standard InChI is InChI=1S/C37H41NO2/c1-37(2,3)32-24-23-28(18-8-5-4-7-15-27-16-9-6-10-17-27)25-33(32)38-36(39)26-31-29-19-11-13-21-34(29)40-35-22-14-12-20-30(31)35/h6,9-14,16-17,19-25,31H,4-5,7-8,15,18,26H2,1-3H3,(H,38,39). The normalized spacial score (nSPS) is 12.8. The average Bonchev–Trinajstić information content (AvgIpc) is 2.95. The first-order chi connectivity index (χ1) is 19.4. The minimum Gasteiger partial charge on any atom is -0.457 e. The summed E-state index contributed by atoms with van der Waals surface area (Å²) in [7, 11) is 0. The van der Waals surface area contributed by atoms with Crippen molar-refractivity contribution in [1.82, 2.24) is 0 Å². The molecule has 40 heavy (non-hydrogen) atoms. The Balaban J connectivity index is 1.24. The van der Waals surface area contributed by atoms with Gasteiger partial charge in [-0.1, -0.05) is 112 Å². The lowest BCUT2D eigenvalue weighted by molar-refractivity contribution is -0.116. The Bertz CT molecular complexity index is 1390. The Morgan fingerprint density at radius 2 is 1.27 bits per heavy atom. The highest BCUT2D eigenvalue weighted by molar-refractivity contribution is 5.93. The zero-order valence-electron chi connectivity index (χ0n) is 24.1. The third-order valence-corrected chi connectivity index (χ3v) is 7.89. The number of nitrogens with one attached hydrogen (secondary N) is 1. The van der Waals surface area contributed by atoms with Crippen molar-refractivity contribution in [2.24, 2.45) is 0 Å². The van der Waals surface area contributed by atoms with Gasteiger partial charge in [-0.3, -0.25) is 4.79 Å². The van der Waals surface area contributed by atoms with Gasteiger partial charge in [0.2, 0.25) is 5.91 Å². The van der Waals surface area contributed by atoms with Crippen LogP contribution >= 0.6 is 0 Å². The molecule has 0 aliphatic carbocycles. The maximum Gasteiger partial charge on any atom is 0.225 e. The minimum absolute atomic E-state index is 0.0278. The van der Waals surface area contributed by atoms with Crippen molar-refractivity contribution < 1.29 is 9.53 Å². The van der Waals surface area contributed by atoms with Gasteiger partial charge in [0.25, 0.3) is 0 Å². The Morgan fingerprint density at radius 1 is 0.700 bits per heavy atom. The number of rotatable bonds is 10. The van der Waals surface area contributed by atoms with Crippen LogP contribution in [-0.4, -0.2) is 5.91 Å². The Labute approximate surface area is 239 Å². The Kier molecular flexibility index (Phi) is 8.69. The summed E-state index contributed by atoms with van der Waals surface area (Å²) in [6.07, 6.45) is 7.40. The number of benzene rings is 4. The molecule has 0 saturated heterocycles. The topological polar surface area (TPSA) is 38.3 Å². The molecule has 1 heterocycles. The first-order valence-electron chi connectivity index (χ1n) is 14.7. The first-order valence-corrected chi connectivity index (χ1v) is 14.7. The van der Waals surface area contributed by atoms with E-state index in [0.717, 1.165) is 47.6 Å². The van der Waals surface area contributed by atoms with Gasteiger partial charge in [0, 0.05) is 29.2 Å². The van der Waals surface area contributed by atoms with E-state index in [1.165, 1.54) is 36.0 Å². The zero-order chi connectivity index (χ0) is 28.0. The van der Waals surface area contributed by atoms with Gasteiger partial charge >= 0.3 is 0 Å². The molecule has 0 spiro atoms. The van der Waals surface area contributed by atoms with Gasteiger partial charge in [-0.15, -0.1) is 0 Å². The lowest BCUT2D eigenvalue weighted by atomic mass is 9.84. The highest BCUT2D eigenvalue weighted by Gasteiger charge is 2.29. The van der Waals surface area contributed by atoms with Crippen molar-refractivity contribution in [3.05, 3.63) is 125 Å².